The minimum Gasteiger partial charge on any atom is -0.508 e. The number of aromatic hydroxyl groups is 1. The van der Waals surface area contributed by atoms with Gasteiger partial charge in [-0.3, -0.25) is 14.4 Å². The van der Waals surface area contributed by atoms with Crippen molar-refractivity contribution in [3.05, 3.63) is 29.8 Å². The number of aliphatic carboxylic acids is 1. The van der Waals surface area contributed by atoms with Gasteiger partial charge in [-0.05, 0) is 43.5 Å². The lowest BCUT2D eigenvalue weighted by molar-refractivity contribution is -0.142. The lowest BCUT2D eigenvalue weighted by Crippen LogP contribution is -2.54. The van der Waals surface area contributed by atoms with Crippen LogP contribution < -0.4 is 27.4 Å². The highest BCUT2D eigenvalue weighted by Gasteiger charge is 2.27. The third-order valence-electron chi connectivity index (χ3n) is 4.55. The highest BCUT2D eigenvalue weighted by atomic mass is 32.1. The van der Waals surface area contributed by atoms with Crippen LogP contribution in [0.4, 0.5) is 0 Å². The fraction of sp³-hybridized carbons (Fsp3) is 0.500. The molecule has 0 spiro atoms. The number of phenols is 1. The van der Waals surface area contributed by atoms with Crippen LogP contribution in [0, 0.1) is 0 Å². The number of nitrogens with one attached hydrogen (secondary N) is 3. The second kappa shape index (κ2) is 14.3. The maximum Gasteiger partial charge on any atom is 0.326 e. The Morgan fingerprint density at radius 3 is 2.22 bits per heavy atom. The number of thiol groups is 1. The molecule has 1 rings (SSSR count). The maximum atomic E-state index is 12.8. The first-order valence-corrected chi connectivity index (χ1v) is 10.8. The number of carboxylic acid groups (broad SMARTS) is 1. The molecule has 0 fully saturated rings. The van der Waals surface area contributed by atoms with Gasteiger partial charge in [0.25, 0.3) is 0 Å². The summed E-state index contributed by atoms with van der Waals surface area (Å²) < 4.78 is 0. The third kappa shape index (κ3) is 9.98. The van der Waals surface area contributed by atoms with Gasteiger partial charge in [-0.15, -0.1) is 0 Å². The quantitative estimate of drug-likeness (QED) is 0.119. The molecule has 9 N–H and O–H groups in total. The molecule has 11 nitrogen and oxygen atoms in total. The minimum absolute atomic E-state index is 0.0351. The first kappa shape index (κ1) is 27.2. The molecule has 0 saturated heterocycles. The van der Waals surface area contributed by atoms with Crippen molar-refractivity contribution in [2.45, 2.75) is 43.8 Å². The molecule has 0 aromatic heterocycles. The van der Waals surface area contributed by atoms with Crippen LogP contribution in [-0.4, -0.2) is 70.9 Å². The number of unbranched alkanes of at least 4 members (excludes halogenated alkanes) is 1. The van der Waals surface area contributed by atoms with Gasteiger partial charge in [-0.2, -0.15) is 12.6 Å². The number of amides is 3. The fourth-order valence-corrected chi connectivity index (χ4v) is 2.89. The first-order valence-electron chi connectivity index (χ1n) is 10.1. The van der Waals surface area contributed by atoms with Gasteiger partial charge in [0.2, 0.25) is 17.7 Å². The first-order chi connectivity index (χ1) is 15.2. The van der Waals surface area contributed by atoms with E-state index in [1.807, 2.05) is 0 Å². The summed E-state index contributed by atoms with van der Waals surface area (Å²) in [5.41, 5.74) is 11.6. The standard InChI is InChI=1S/C20H31N5O6S/c21-8-2-1-3-15(20(30)31)25-19(29)16(9-12-4-6-13(26)7-5-12)24-17(27)10-23-18(28)14(22)11-32/h4-7,14-16,26,32H,1-3,8-11,21-22H2,(H,23,28)(H,24,27)(H,25,29)(H,30,31). The minimum atomic E-state index is -1.20. The van der Waals surface area contributed by atoms with E-state index in [9.17, 15) is 29.4 Å². The zero-order valence-electron chi connectivity index (χ0n) is 17.6. The molecule has 0 heterocycles. The van der Waals surface area contributed by atoms with E-state index in [1.54, 1.807) is 12.1 Å². The largest absolute Gasteiger partial charge is 0.508 e. The van der Waals surface area contributed by atoms with E-state index in [4.69, 9.17) is 11.5 Å². The highest BCUT2D eigenvalue weighted by molar-refractivity contribution is 7.80. The van der Waals surface area contributed by atoms with Crippen LogP contribution in [0.25, 0.3) is 0 Å². The number of hydrogen-bond donors (Lipinski definition) is 8. The summed E-state index contributed by atoms with van der Waals surface area (Å²) in [5.74, 6) is -2.98. The molecule has 0 aliphatic rings. The highest BCUT2D eigenvalue weighted by Crippen LogP contribution is 2.12. The average Bonchev–Trinajstić information content (AvgIpc) is 2.77. The molecule has 0 aliphatic carbocycles. The molecule has 1 aromatic carbocycles. The Hall–Kier alpha value is -2.83. The molecule has 0 bridgehead atoms. The number of nitrogens with two attached hydrogens (primary N) is 2. The smallest absolute Gasteiger partial charge is 0.326 e. The van der Waals surface area contributed by atoms with Gasteiger partial charge >= 0.3 is 5.97 Å². The van der Waals surface area contributed by atoms with Gasteiger partial charge in [0, 0.05) is 12.2 Å². The topological polar surface area (TPSA) is 197 Å². The second-order valence-corrected chi connectivity index (χ2v) is 7.55. The fourth-order valence-electron chi connectivity index (χ4n) is 2.73. The van der Waals surface area contributed by atoms with Crippen LogP contribution in [0.2, 0.25) is 0 Å². The van der Waals surface area contributed by atoms with Crippen LogP contribution in [0.15, 0.2) is 24.3 Å². The van der Waals surface area contributed by atoms with Crippen molar-refractivity contribution in [3.8, 4) is 5.75 Å². The number of phenolic OH excluding ortho intramolecular Hbond substituents is 1. The lowest BCUT2D eigenvalue weighted by Gasteiger charge is -2.22. The molecule has 32 heavy (non-hydrogen) atoms. The molecule has 0 aliphatic heterocycles. The number of carbonyl (C=O) groups is 4. The van der Waals surface area contributed by atoms with Gasteiger partial charge in [0.1, 0.15) is 17.8 Å². The van der Waals surface area contributed by atoms with E-state index in [1.165, 1.54) is 12.1 Å². The summed E-state index contributed by atoms with van der Waals surface area (Å²) in [7, 11) is 0. The Kier molecular flexibility index (Phi) is 12.1. The zero-order chi connectivity index (χ0) is 24.1. The monoisotopic (exact) mass is 469 g/mol. The van der Waals surface area contributed by atoms with Gasteiger partial charge < -0.3 is 37.6 Å². The van der Waals surface area contributed by atoms with Crippen LogP contribution in [-0.2, 0) is 25.6 Å². The Bertz CT molecular complexity index is 776. The van der Waals surface area contributed by atoms with E-state index >= 15 is 0 Å². The summed E-state index contributed by atoms with van der Waals surface area (Å²) in [6.45, 7) is -0.0130. The van der Waals surface area contributed by atoms with Crippen molar-refractivity contribution in [1.82, 2.24) is 16.0 Å². The summed E-state index contributed by atoms with van der Waals surface area (Å²) >= 11 is 3.91. The molecule has 1 aromatic rings. The molecule has 3 atom stereocenters. The Labute approximate surface area is 191 Å². The van der Waals surface area contributed by atoms with Gasteiger partial charge in [0.15, 0.2) is 0 Å². The van der Waals surface area contributed by atoms with Gasteiger partial charge in [-0.25, -0.2) is 4.79 Å². The summed E-state index contributed by atoms with van der Waals surface area (Å²) in [6.07, 6.45) is 1.36. The van der Waals surface area contributed by atoms with Crippen molar-refractivity contribution in [3.63, 3.8) is 0 Å². The number of benzene rings is 1. The van der Waals surface area contributed by atoms with Gasteiger partial charge in [-0.1, -0.05) is 12.1 Å². The van der Waals surface area contributed by atoms with Crippen molar-refractivity contribution in [2.75, 3.05) is 18.8 Å². The molecule has 178 valence electrons. The predicted octanol–water partition coefficient (Wildman–Crippen LogP) is -1.51. The van der Waals surface area contributed by atoms with Crippen molar-refractivity contribution < 1.29 is 29.4 Å². The average molecular weight is 470 g/mol. The molecule has 3 amide bonds. The molecule has 0 saturated carbocycles. The number of carbonyl (C=O) groups excluding carboxylic acids is 3. The van der Waals surface area contributed by atoms with E-state index in [0.717, 1.165) is 0 Å². The van der Waals surface area contributed by atoms with Crippen LogP contribution in [0.5, 0.6) is 5.75 Å². The van der Waals surface area contributed by atoms with E-state index in [0.29, 0.717) is 24.9 Å². The number of hydrogen-bond acceptors (Lipinski definition) is 8. The Morgan fingerprint density at radius 1 is 1.00 bits per heavy atom. The van der Waals surface area contributed by atoms with E-state index in [-0.39, 0.29) is 24.3 Å². The van der Waals surface area contributed by atoms with Gasteiger partial charge in [0.05, 0.1) is 12.6 Å². The Balaban J connectivity index is 2.87. The van der Waals surface area contributed by atoms with Crippen LogP contribution in [0.1, 0.15) is 24.8 Å². The zero-order valence-corrected chi connectivity index (χ0v) is 18.5. The predicted molar refractivity (Wildman–Crippen MR) is 121 cm³/mol. The lowest BCUT2D eigenvalue weighted by atomic mass is 10.0. The second-order valence-electron chi connectivity index (χ2n) is 7.18. The maximum absolute atomic E-state index is 12.8. The van der Waals surface area contributed by atoms with Crippen molar-refractivity contribution >= 4 is 36.3 Å². The number of rotatable bonds is 14. The molecule has 0 radical (unpaired) electrons. The van der Waals surface area contributed by atoms with Crippen molar-refractivity contribution in [1.29, 1.82) is 0 Å². The van der Waals surface area contributed by atoms with Crippen LogP contribution in [0.3, 0.4) is 0 Å². The summed E-state index contributed by atoms with van der Waals surface area (Å²) in [5, 5.41) is 26.1. The van der Waals surface area contributed by atoms with E-state index < -0.39 is 48.4 Å². The molecule has 12 heteroatoms. The molecular weight excluding hydrogens is 438 g/mol. The third-order valence-corrected chi connectivity index (χ3v) is 4.94. The summed E-state index contributed by atoms with van der Waals surface area (Å²) in [6, 6.07) is 2.87. The van der Waals surface area contributed by atoms with E-state index in [2.05, 4.69) is 28.6 Å². The molecular formula is C20H31N5O6S. The normalized spacial score (nSPS) is 13.5. The van der Waals surface area contributed by atoms with Crippen LogP contribution >= 0.6 is 12.6 Å². The van der Waals surface area contributed by atoms with Crippen molar-refractivity contribution in [2.24, 2.45) is 11.5 Å². The SMILES string of the molecule is NCCCCC(NC(=O)C(Cc1ccc(O)cc1)NC(=O)CNC(=O)C(N)CS)C(=O)O. The number of carboxylic acids is 1. The Morgan fingerprint density at radius 2 is 1.66 bits per heavy atom. The summed E-state index contributed by atoms with van der Waals surface area (Å²) in [4.78, 5) is 48.4. The molecule has 3 unspecified atom stereocenters.